The summed E-state index contributed by atoms with van der Waals surface area (Å²) in [5.41, 5.74) is 10.6. The van der Waals surface area contributed by atoms with Gasteiger partial charge in [0.05, 0.1) is 12.8 Å². The van der Waals surface area contributed by atoms with Crippen LogP contribution >= 0.6 is 0 Å². The molecular weight excluding hydrogens is 248 g/mol. The molecule has 0 unspecified atom stereocenters. The number of hydrogen-bond donors (Lipinski definition) is 1. The van der Waals surface area contributed by atoms with Gasteiger partial charge in [0.2, 0.25) is 0 Å². The lowest BCUT2D eigenvalue weighted by Gasteiger charge is -2.11. The Bertz CT molecular complexity index is 759. The van der Waals surface area contributed by atoms with E-state index in [-0.39, 0.29) is 0 Å². The van der Waals surface area contributed by atoms with Gasteiger partial charge in [0.1, 0.15) is 5.75 Å². The lowest BCUT2D eigenvalue weighted by atomic mass is 10.0. The van der Waals surface area contributed by atoms with Gasteiger partial charge in [-0.3, -0.25) is 0 Å². The number of nitrogens with zero attached hydrogens (tertiary/aromatic N) is 1. The van der Waals surface area contributed by atoms with Crippen LogP contribution in [0.15, 0.2) is 48.5 Å². The molecule has 3 nitrogen and oxygen atoms in total. The van der Waals surface area contributed by atoms with Crippen LogP contribution < -0.4 is 10.5 Å². The molecule has 2 N–H and O–H groups in total. The Kier molecular flexibility index (Phi) is 3.20. The third kappa shape index (κ3) is 1.79. The van der Waals surface area contributed by atoms with Gasteiger partial charge in [0.25, 0.3) is 0 Å². The predicted molar refractivity (Wildman–Crippen MR) is 82.8 cm³/mol. The lowest BCUT2D eigenvalue weighted by molar-refractivity contribution is 0.416. The highest BCUT2D eigenvalue weighted by molar-refractivity contribution is 5.92. The van der Waals surface area contributed by atoms with Crippen molar-refractivity contribution in [2.75, 3.05) is 7.11 Å². The summed E-state index contributed by atoms with van der Waals surface area (Å²) in [6, 6.07) is 16.4. The van der Waals surface area contributed by atoms with Crippen molar-refractivity contribution in [2.24, 2.45) is 12.8 Å². The van der Waals surface area contributed by atoms with Crippen LogP contribution in [-0.4, -0.2) is 11.7 Å². The van der Waals surface area contributed by atoms with Crippen molar-refractivity contribution >= 4 is 10.9 Å². The maximum absolute atomic E-state index is 6.00. The highest BCUT2D eigenvalue weighted by atomic mass is 16.5. The van der Waals surface area contributed by atoms with Crippen molar-refractivity contribution in [2.45, 2.75) is 6.54 Å². The number of hydrogen-bond acceptors (Lipinski definition) is 2. The monoisotopic (exact) mass is 266 g/mol. The second kappa shape index (κ2) is 5.02. The molecule has 3 aromatic rings. The molecule has 0 aliphatic carbocycles. The Labute approximate surface area is 118 Å². The Balaban J connectivity index is 2.38. The Morgan fingerprint density at radius 1 is 1.05 bits per heavy atom. The number of aryl methyl sites for hydroxylation is 1. The van der Waals surface area contributed by atoms with Crippen molar-refractivity contribution in [1.82, 2.24) is 4.57 Å². The van der Waals surface area contributed by atoms with Crippen molar-refractivity contribution in [1.29, 1.82) is 0 Å². The molecule has 0 atom stereocenters. The van der Waals surface area contributed by atoms with Gasteiger partial charge < -0.3 is 15.0 Å². The zero-order valence-corrected chi connectivity index (χ0v) is 11.8. The minimum Gasteiger partial charge on any atom is -0.496 e. The zero-order valence-electron chi connectivity index (χ0n) is 11.8. The van der Waals surface area contributed by atoms with Crippen LogP contribution in [-0.2, 0) is 13.6 Å². The van der Waals surface area contributed by atoms with Crippen molar-refractivity contribution in [3.63, 3.8) is 0 Å². The average Bonchev–Trinajstić information content (AvgIpc) is 2.80. The number of methoxy groups -OCH3 is 1. The van der Waals surface area contributed by atoms with Gasteiger partial charge in [-0.2, -0.15) is 0 Å². The first-order valence-electron chi connectivity index (χ1n) is 6.67. The molecule has 0 saturated heterocycles. The van der Waals surface area contributed by atoms with Gasteiger partial charge in [0, 0.05) is 30.1 Å². The van der Waals surface area contributed by atoms with E-state index in [1.807, 2.05) is 24.3 Å². The van der Waals surface area contributed by atoms with E-state index in [2.05, 4.69) is 35.9 Å². The minimum atomic E-state index is 0.509. The fourth-order valence-electron chi connectivity index (χ4n) is 2.86. The third-order valence-electron chi connectivity index (χ3n) is 3.78. The molecule has 0 amide bonds. The van der Waals surface area contributed by atoms with E-state index in [4.69, 9.17) is 10.5 Å². The summed E-state index contributed by atoms with van der Waals surface area (Å²) in [6.45, 7) is 0.509. The van der Waals surface area contributed by atoms with Crippen LogP contribution in [0.25, 0.3) is 22.2 Å². The summed E-state index contributed by atoms with van der Waals surface area (Å²) >= 11 is 0. The second-order valence-corrected chi connectivity index (χ2v) is 4.81. The van der Waals surface area contributed by atoms with E-state index >= 15 is 0 Å². The fourth-order valence-corrected chi connectivity index (χ4v) is 2.86. The largest absolute Gasteiger partial charge is 0.496 e. The molecule has 1 heterocycles. The summed E-state index contributed by atoms with van der Waals surface area (Å²) in [4.78, 5) is 0. The maximum Gasteiger partial charge on any atom is 0.128 e. The van der Waals surface area contributed by atoms with E-state index in [9.17, 15) is 0 Å². The molecule has 0 bridgehead atoms. The molecule has 2 aromatic carbocycles. The van der Waals surface area contributed by atoms with E-state index in [0.29, 0.717) is 6.54 Å². The molecule has 0 aliphatic heterocycles. The van der Waals surface area contributed by atoms with Crippen LogP contribution in [0.2, 0.25) is 0 Å². The number of rotatable bonds is 3. The first kappa shape index (κ1) is 12.8. The molecule has 0 radical (unpaired) electrons. The van der Waals surface area contributed by atoms with Crippen molar-refractivity contribution in [3.05, 3.63) is 54.1 Å². The second-order valence-electron chi connectivity index (χ2n) is 4.81. The number of aromatic nitrogens is 1. The molecule has 3 heteroatoms. The standard InChI is InChI=1S/C17H18N2O/c1-19-15-9-5-3-7-12(15)14(11-18)17(19)13-8-4-6-10-16(13)20-2/h3-10H,11,18H2,1-2H3. The van der Waals surface area contributed by atoms with E-state index in [0.717, 1.165) is 22.6 Å². The van der Waals surface area contributed by atoms with Gasteiger partial charge in [-0.15, -0.1) is 0 Å². The quantitative estimate of drug-likeness (QED) is 0.790. The third-order valence-corrected chi connectivity index (χ3v) is 3.78. The van der Waals surface area contributed by atoms with Crippen molar-refractivity contribution in [3.8, 4) is 17.0 Å². The lowest BCUT2D eigenvalue weighted by Crippen LogP contribution is -2.01. The molecule has 3 rings (SSSR count). The Hall–Kier alpha value is -2.26. The van der Waals surface area contributed by atoms with Crippen LogP contribution in [0.1, 0.15) is 5.56 Å². The molecular formula is C17H18N2O. The van der Waals surface area contributed by atoms with Crippen LogP contribution in [0.5, 0.6) is 5.75 Å². The van der Waals surface area contributed by atoms with Gasteiger partial charge >= 0.3 is 0 Å². The summed E-state index contributed by atoms with van der Waals surface area (Å²) in [6.07, 6.45) is 0. The van der Waals surface area contributed by atoms with Crippen LogP contribution in [0.4, 0.5) is 0 Å². The van der Waals surface area contributed by atoms with Crippen LogP contribution in [0.3, 0.4) is 0 Å². The summed E-state index contributed by atoms with van der Waals surface area (Å²) in [5.74, 6) is 0.869. The van der Waals surface area contributed by atoms with E-state index < -0.39 is 0 Å². The topological polar surface area (TPSA) is 40.2 Å². The highest BCUT2D eigenvalue weighted by Gasteiger charge is 2.17. The number of benzene rings is 2. The zero-order chi connectivity index (χ0) is 14.1. The number of ether oxygens (including phenoxy) is 1. The molecule has 102 valence electrons. The highest BCUT2D eigenvalue weighted by Crippen LogP contribution is 2.37. The smallest absolute Gasteiger partial charge is 0.128 e. The van der Waals surface area contributed by atoms with Crippen molar-refractivity contribution < 1.29 is 4.74 Å². The molecule has 0 aliphatic rings. The molecule has 20 heavy (non-hydrogen) atoms. The number of para-hydroxylation sites is 2. The molecule has 1 aromatic heterocycles. The maximum atomic E-state index is 6.00. The first-order valence-corrected chi connectivity index (χ1v) is 6.67. The Morgan fingerprint density at radius 3 is 2.50 bits per heavy atom. The SMILES string of the molecule is COc1ccccc1-c1c(CN)c2ccccc2n1C. The first-order chi connectivity index (χ1) is 9.77. The predicted octanol–water partition coefficient (Wildman–Crippen LogP) is 3.31. The normalized spacial score (nSPS) is 10.9. The summed E-state index contributed by atoms with van der Waals surface area (Å²) in [5, 5.41) is 1.21. The van der Waals surface area contributed by atoms with Crippen LogP contribution in [0, 0.1) is 0 Å². The van der Waals surface area contributed by atoms with E-state index in [1.54, 1.807) is 7.11 Å². The van der Waals surface area contributed by atoms with Gasteiger partial charge in [0.15, 0.2) is 0 Å². The molecule has 0 fully saturated rings. The van der Waals surface area contributed by atoms with Gasteiger partial charge in [-0.05, 0) is 23.8 Å². The summed E-state index contributed by atoms with van der Waals surface area (Å²) < 4.78 is 7.69. The fraction of sp³-hybridized carbons (Fsp3) is 0.176. The molecule has 0 spiro atoms. The average molecular weight is 266 g/mol. The number of nitrogens with two attached hydrogens (primary N) is 1. The molecule has 0 saturated carbocycles. The minimum absolute atomic E-state index is 0.509. The Morgan fingerprint density at radius 2 is 1.75 bits per heavy atom. The van der Waals surface area contributed by atoms with E-state index in [1.165, 1.54) is 10.9 Å². The summed E-state index contributed by atoms with van der Waals surface area (Å²) in [7, 11) is 3.77. The number of fused-ring (bicyclic) bond motifs is 1. The van der Waals surface area contributed by atoms with Gasteiger partial charge in [-0.1, -0.05) is 30.3 Å². The van der Waals surface area contributed by atoms with Gasteiger partial charge in [-0.25, -0.2) is 0 Å².